The Labute approximate surface area is 97.7 Å². The SMILES string of the molecule is Cc1ccccc1SCCNCC(C)C. The van der Waals surface area contributed by atoms with Crippen molar-refractivity contribution in [3.05, 3.63) is 29.8 Å². The molecule has 0 bridgehead atoms. The zero-order valence-electron chi connectivity index (χ0n) is 9.92. The Bertz CT molecular complexity index is 284. The number of benzene rings is 1. The van der Waals surface area contributed by atoms with Crippen molar-refractivity contribution in [2.24, 2.45) is 5.92 Å². The van der Waals surface area contributed by atoms with Gasteiger partial charge >= 0.3 is 0 Å². The highest BCUT2D eigenvalue weighted by Gasteiger charge is 1.97. The molecule has 1 aromatic rings. The van der Waals surface area contributed by atoms with E-state index in [0.29, 0.717) is 0 Å². The lowest BCUT2D eigenvalue weighted by Crippen LogP contribution is -2.22. The van der Waals surface area contributed by atoms with Crippen molar-refractivity contribution >= 4 is 11.8 Å². The molecule has 0 atom stereocenters. The first-order valence-electron chi connectivity index (χ1n) is 5.59. The van der Waals surface area contributed by atoms with Crippen LogP contribution in [-0.2, 0) is 0 Å². The fourth-order valence-corrected chi connectivity index (χ4v) is 2.28. The lowest BCUT2D eigenvalue weighted by atomic mass is 10.2. The van der Waals surface area contributed by atoms with Crippen LogP contribution in [0.5, 0.6) is 0 Å². The van der Waals surface area contributed by atoms with Gasteiger partial charge in [0, 0.05) is 17.2 Å². The number of aryl methyl sites for hydroxylation is 1. The maximum atomic E-state index is 3.45. The molecule has 0 saturated heterocycles. The van der Waals surface area contributed by atoms with Crippen LogP contribution < -0.4 is 5.32 Å². The summed E-state index contributed by atoms with van der Waals surface area (Å²) in [5.41, 5.74) is 1.38. The highest BCUT2D eigenvalue weighted by atomic mass is 32.2. The molecule has 2 heteroatoms. The maximum Gasteiger partial charge on any atom is 0.0106 e. The summed E-state index contributed by atoms with van der Waals surface area (Å²) in [6.07, 6.45) is 0. The Hall–Kier alpha value is -0.470. The third-order valence-electron chi connectivity index (χ3n) is 2.18. The number of hydrogen-bond acceptors (Lipinski definition) is 2. The molecule has 15 heavy (non-hydrogen) atoms. The number of thioether (sulfide) groups is 1. The Kier molecular flexibility index (Phi) is 5.81. The van der Waals surface area contributed by atoms with Crippen LogP contribution in [0.1, 0.15) is 19.4 Å². The van der Waals surface area contributed by atoms with E-state index in [9.17, 15) is 0 Å². The molecule has 1 nitrogen and oxygen atoms in total. The third-order valence-corrected chi connectivity index (χ3v) is 3.36. The van der Waals surface area contributed by atoms with E-state index in [0.717, 1.165) is 24.8 Å². The van der Waals surface area contributed by atoms with Crippen molar-refractivity contribution in [1.29, 1.82) is 0 Å². The van der Waals surface area contributed by atoms with Crippen molar-refractivity contribution in [3.8, 4) is 0 Å². The van der Waals surface area contributed by atoms with Crippen LogP contribution in [0.3, 0.4) is 0 Å². The van der Waals surface area contributed by atoms with Gasteiger partial charge in [-0.1, -0.05) is 32.0 Å². The zero-order valence-corrected chi connectivity index (χ0v) is 10.7. The molecule has 0 aliphatic rings. The van der Waals surface area contributed by atoms with Crippen LogP contribution >= 0.6 is 11.8 Å². The summed E-state index contributed by atoms with van der Waals surface area (Å²) >= 11 is 1.94. The van der Waals surface area contributed by atoms with E-state index < -0.39 is 0 Å². The van der Waals surface area contributed by atoms with Gasteiger partial charge in [-0.05, 0) is 31.0 Å². The molecule has 1 rings (SSSR count). The molecule has 0 radical (unpaired) electrons. The maximum absolute atomic E-state index is 3.45. The molecule has 0 aliphatic heterocycles. The fraction of sp³-hybridized carbons (Fsp3) is 0.538. The van der Waals surface area contributed by atoms with Gasteiger partial charge < -0.3 is 5.32 Å². The van der Waals surface area contributed by atoms with Crippen LogP contribution in [0, 0.1) is 12.8 Å². The van der Waals surface area contributed by atoms with Crippen molar-refractivity contribution in [3.63, 3.8) is 0 Å². The zero-order chi connectivity index (χ0) is 11.1. The van der Waals surface area contributed by atoms with E-state index in [1.54, 1.807) is 0 Å². The first-order chi connectivity index (χ1) is 7.20. The van der Waals surface area contributed by atoms with Gasteiger partial charge in [0.15, 0.2) is 0 Å². The molecule has 84 valence electrons. The number of rotatable bonds is 6. The number of hydrogen-bond donors (Lipinski definition) is 1. The monoisotopic (exact) mass is 223 g/mol. The Morgan fingerprint density at radius 3 is 2.67 bits per heavy atom. The second-order valence-electron chi connectivity index (χ2n) is 4.21. The van der Waals surface area contributed by atoms with E-state index >= 15 is 0 Å². The van der Waals surface area contributed by atoms with Gasteiger partial charge in [0.25, 0.3) is 0 Å². The first kappa shape index (κ1) is 12.6. The highest BCUT2D eigenvalue weighted by Crippen LogP contribution is 2.20. The number of nitrogens with one attached hydrogen (secondary N) is 1. The van der Waals surface area contributed by atoms with E-state index in [4.69, 9.17) is 0 Å². The van der Waals surface area contributed by atoms with E-state index in [-0.39, 0.29) is 0 Å². The standard InChI is InChI=1S/C13H21NS/c1-11(2)10-14-8-9-15-13-7-5-4-6-12(13)3/h4-7,11,14H,8-10H2,1-3H3. The van der Waals surface area contributed by atoms with Crippen LogP contribution in [0.15, 0.2) is 29.2 Å². The summed E-state index contributed by atoms with van der Waals surface area (Å²) in [6.45, 7) is 8.86. The second kappa shape index (κ2) is 6.91. The first-order valence-corrected chi connectivity index (χ1v) is 6.58. The summed E-state index contributed by atoms with van der Waals surface area (Å²) in [4.78, 5) is 1.41. The van der Waals surface area contributed by atoms with Crippen molar-refractivity contribution in [2.45, 2.75) is 25.7 Å². The highest BCUT2D eigenvalue weighted by molar-refractivity contribution is 7.99. The molecule has 1 aromatic carbocycles. The van der Waals surface area contributed by atoms with E-state index in [2.05, 4.69) is 50.4 Å². The predicted molar refractivity (Wildman–Crippen MR) is 69.6 cm³/mol. The molecule has 0 aromatic heterocycles. The van der Waals surface area contributed by atoms with Gasteiger partial charge in [-0.3, -0.25) is 0 Å². The fourth-order valence-electron chi connectivity index (χ4n) is 1.34. The van der Waals surface area contributed by atoms with Crippen molar-refractivity contribution in [2.75, 3.05) is 18.8 Å². The van der Waals surface area contributed by atoms with Gasteiger partial charge in [0.1, 0.15) is 0 Å². The second-order valence-corrected chi connectivity index (χ2v) is 5.35. The van der Waals surface area contributed by atoms with Crippen LogP contribution in [0.25, 0.3) is 0 Å². The molecule has 0 amide bonds. The lowest BCUT2D eigenvalue weighted by molar-refractivity contribution is 0.568. The third kappa shape index (κ3) is 5.24. The molecule has 0 fully saturated rings. The molecule has 0 unspecified atom stereocenters. The summed E-state index contributed by atoms with van der Waals surface area (Å²) < 4.78 is 0. The van der Waals surface area contributed by atoms with Gasteiger partial charge in [0.05, 0.1) is 0 Å². The quantitative estimate of drug-likeness (QED) is 0.586. The molecule has 0 spiro atoms. The average Bonchev–Trinajstić information content (AvgIpc) is 2.20. The van der Waals surface area contributed by atoms with E-state index in [1.165, 1.54) is 10.5 Å². The summed E-state index contributed by atoms with van der Waals surface area (Å²) in [7, 11) is 0. The van der Waals surface area contributed by atoms with Crippen molar-refractivity contribution < 1.29 is 0 Å². The normalized spacial score (nSPS) is 10.9. The average molecular weight is 223 g/mol. The van der Waals surface area contributed by atoms with Crippen LogP contribution in [-0.4, -0.2) is 18.8 Å². The molecule has 1 N–H and O–H groups in total. The van der Waals surface area contributed by atoms with Gasteiger partial charge in [0.2, 0.25) is 0 Å². The Balaban J connectivity index is 2.18. The van der Waals surface area contributed by atoms with E-state index in [1.807, 2.05) is 11.8 Å². The predicted octanol–water partition coefficient (Wildman–Crippen LogP) is 3.33. The summed E-state index contributed by atoms with van der Waals surface area (Å²) in [5, 5.41) is 3.45. The van der Waals surface area contributed by atoms with Gasteiger partial charge in [-0.15, -0.1) is 11.8 Å². The smallest absolute Gasteiger partial charge is 0.0106 e. The minimum atomic E-state index is 0.744. The lowest BCUT2D eigenvalue weighted by Gasteiger charge is -2.08. The largest absolute Gasteiger partial charge is 0.316 e. The summed E-state index contributed by atoms with van der Waals surface area (Å²) in [6, 6.07) is 8.57. The van der Waals surface area contributed by atoms with Crippen molar-refractivity contribution in [1.82, 2.24) is 5.32 Å². The Morgan fingerprint density at radius 2 is 2.00 bits per heavy atom. The molecule has 0 heterocycles. The van der Waals surface area contributed by atoms with Gasteiger partial charge in [-0.2, -0.15) is 0 Å². The summed E-state index contributed by atoms with van der Waals surface area (Å²) in [5.74, 6) is 1.89. The molecular weight excluding hydrogens is 202 g/mol. The Morgan fingerprint density at radius 1 is 1.27 bits per heavy atom. The topological polar surface area (TPSA) is 12.0 Å². The minimum Gasteiger partial charge on any atom is -0.316 e. The van der Waals surface area contributed by atoms with Gasteiger partial charge in [-0.25, -0.2) is 0 Å². The minimum absolute atomic E-state index is 0.744. The molecule has 0 saturated carbocycles. The van der Waals surface area contributed by atoms with Crippen LogP contribution in [0.4, 0.5) is 0 Å². The molecular formula is C13H21NS. The molecule has 0 aliphatic carbocycles. The van der Waals surface area contributed by atoms with Crippen LogP contribution in [0.2, 0.25) is 0 Å².